The van der Waals surface area contributed by atoms with E-state index in [1.54, 1.807) is 9.58 Å². The van der Waals surface area contributed by atoms with Crippen molar-refractivity contribution in [2.45, 2.75) is 64.8 Å². The van der Waals surface area contributed by atoms with Crippen molar-refractivity contribution in [1.29, 1.82) is 0 Å². The molecule has 2 aliphatic heterocycles. The van der Waals surface area contributed by atoms with E-state index in [4.69, 9.17) is 5.10 Å². The number of piperidine rings is 1. The van der Waals surface area contributed by atoms with Gasteiger partial charge in [0, 0.05) is 30.3 Å². The summed E-state index contributed by atoms with van der Waals surface area (Å²) < 4.78 is 1.75. The lowest BCUT2D eigenvalue weighted by Gasteiger charge is -2.35. The first-order valence-electron chi connectivity index (χ1n) is 14.7. The molecule has 3 aromatic rings. The molecule has 1 unspecified atom stereocenters. The molecular weight excluding hydrogens is 546 g/mol. The summed E-state index contributed by atoms with van der Waals surface area (Å²) in [6.07, 6.45) is 2.51. The quantitative estimate of drug-likeness (QED) is 0.338. The Morgan fingerprint density at radius 3 is 2.28 bits per heavy atom. The molecule has 4 N–H and O–H groups in total. The zero-order chi connectivity index (χ0) is 30.7. The van der Waals surface area contributed by atoms with Gasteiger partial charge in [-0.25, -0.2) is 14.3 Å². The third-order valence-corrected chi connectivity index (χ3v) is 7.91. The topological polar surface area (TPSA) is 137 Å². The third-order valence-electron chi connectivity index (χ3n) is 7.91. The van der Waals surface area contributed by atoms with Gasteiger partial charge in [0.2, 0.25) is 11.8 Å². The van der Waals surface area contributed by atoms with E-state index in [0.29, 0.717) is 30.5 Å². The van der Waals surface area contributed by atoms with Gasteiger partial charge in [0.25, 0.3) is 0 Å². The van der Waals surface area contributed by atoms with Crippen LogP contribution in [0.15, 0.2) is 54.6 Å². The van der Waals surface area contributed by atoms with Gasteiger partial charge in [-0.05, 0) is 61.9 Å². The molecule has 5 rings (SSSR count). The molecule has 0 bridgehead atoms. The van der Waals surface area contributed by atoms with Gasteiger partial charge in [0.1, 0.15) is 11.9 Å². The van der Waals surface area contributed by atoms with Gasteiger partial charge in [-0.2, -0.15) is 5.10 Å². The third kappa shape index (κ3) is 7.40. The molecule has 11 nitrogen and oxygen atoms in total. The van der Waals surface area contributed by atoms with Crippen LogP contribution in [-0.4, -0.2) is 57.7 Å². The molecule has 2 aliphatic rings. The van der Waals surface area contributed by atoms with Gasteiger partial charge in [-0.3, -0.25) is 20.2 Å². The average molecular weight is 586 g/mol. The Bertz CT molecular complexity index is 1480. The molecule has 1 aromatic heterocycles. The fourth-order valence-electron chi connectivity index (χ4n) is 5.39. The Morgan fingerprint density at radius 1 is 0.977 bits per heavy atom. The molecule has 0 aliphatic carbocycles. The number of urea groups is 2. The summed E-state index contributed by atoms with van der Waals surface area (Å²) in [4.78, 5) is 50.7. The zero-order valence-corrected chi connectivity index (χ0v) is 25.1. The Kier molecular flexibility index (Phi) is 8.52. The van der Waals surface area contributed by atoms with Crippen LogP contribution >= 0.6 is 0 Å². The van der Waals surface area contributed by atoms with E-state index in [-0.39, 0.29) is 23.8 Å². The molecule has 0 spiro atoms. The Morgan fingerprint density at radius 2 is 1.65 bits per heavy atom. The number of hydrogen-bond donors (Lipinski definition) is 4. The number of benzene rings is 2. The summed E-state index contributed by atoms with van der Waals surface area (Å²) in [5.41, 5.74) is 4.53. The van der Waals surface area contributed by atoms with Gasteiger partial charge >= 0.3 is 12.1 Å². The van der Waals surface area contributed by atoms with E-state index in [2.05, 4.69) is 42.0 Å². The number of rotatable bonds is 6. The molecule has 2 saturated heterocycles. The number of amides is 6. The molecule has 226 valence electrons. The van der Waals surface area contributed by atoms with Crippen LogP contribution in [0.1, 0.15) is 56.9 Å². The van der Waals surface area contributed by atoms with Gasteiger partial charge in [-0.1, -0.05) is 50.6 Å². The van der Waals surface area contributed by atoms with Gasteiger partial charge < -0.3 is 15.5 Å². The number of carbonyl (C=O) groups excluding carboxylic acids is 4. The lowest BCUT2D eigenvalue weighted by molar-refractivity contribution is -0.137. The molecular formula is C32H39N7O4. The van der Waals surface area contributed by atoms with Gasteiger partial charge in [-0.15, -0.1) is 0 Å². The number of aryl methyl sites for hydroxylation is 1. The maximum atomic E-state index is 13.0. The van der Waals surface area contributed by atoms with Crippen molar-refractivity contribution >= 4 is 35.4 Å². The van der Waals surface area contributed by atoms with Crippen molar-refractivity contribution < 1.29 is 19.2 Å². The number of nitrogens with zero attached hydrogens (tertiary/aromatic N) is 3. The number of likely N-dealkylation sites (tertiary alicyclic amines) is 1. The maximum absolute atomic E-state index is 13.0. The van der Waals surface area contributed by atoms with Crippen LogP contribution < -0.4 is 21.3 Å². The first-order valence-corrected chi connectivity index (χ1v) is 14.7. The van der Waals surface area contributed by atoms with Crippen LogP contribution in [0.25, 0.3) is 5.69 Å². The second kappa shape index (κ2) is 12.3. The van der Waals surface area contributed by atoms with Crippen molar-refractivity contribution in [2.75, 3.05) is 23.7 Å². The van der Waals surface area contributed by atoms with Crippen LogP contribution in [0, 0.1) is 12.8 Å². The molecule has 11 heteroatoms. The maximum Gasteiger partial charge on any atom is 0.324 e. The summed E-state index contributed by atoms with van der Waals surface area (Å²) in [5.74, 6) is 0.360. The number of nitrogens with one attached hydrogen (secondary N) is 4. The fourth-order valence-corrected chi connectivity index (χ4v) is 5.39. The monoisotopic (exact) mass is 585 g/mol. The minimum absolute atomic E-state index is 0.0305. The highest BCUT2D eigenvalue weighted by Crippen LogP contribution is 2.27. The Hall–Kier alpha value is -4.67. The minimum Gasteiger partial charge on any atom is -0.341 e. The highest BCUT2D eigenvalue weighted by molar-refractivity contribution is 6.02. The number of carbonyl (C=O) groups is 4. The number of anilines is 2. The highest BCUT2D eigenvalue weighted by Gasteiger charge is 2.34. The van der Waals surface area contributed by atoms with E-state index in [1.807, 2.05) is 61.5 Å². The summed E-state index contributed by atoms with van der Waals surface area (Å²) in [5, 5.41) is 15.3. The lowest BCUT2D eigenvalue weighted by atomic mass is 9.89. The molecule has 2 aromatic carbocycles. The van der Waals surface area contributed by atoms with Crippen molar-refractivity contribution in [1.82, 2.24) is 25.3 Å². The van der Waals surface area contributed by atoms with E-state index < -0.39 is 18.0 Å². The van der Waals surface area contributed by atoms with Crippen molar-refractivity contribution in [2.24, 2.45) is 5.92 Å². The van der Waals surface area contributed by atoms with E-state index in [0.717, 1.165) is 41.8 Å². The molecule has 1 atom stereocenters. The van der Waals surface area contributed by atoms with Crippen LogP contribution in [0.2, 0.25) is 0 Å². The van der Waals surface area contributed by atoms with Gasteiger partial charge in [0.15, 0.2) is 0 Å². The predicted octanol–water partition coefficient (Wildman–Crippen LogP) is 4.50. The van der Waals surface area contributed by atoms with Gasteiger partial charge in [0.05, 0.1) is 17.8 Å². The average Bonchev–Trinajstić information content (AvgIpc) is 3.38. The van der Waals surface area contributed by atoms with E-state index in [1.165, 1.54) is 0 Å². The summed E-state index contributed by atoms with van der Waals surface area (Å²) in [6.45, 7) is 9.47. The molecule has 3 heterocycles. The Labute approximate surface area is 251 Å². The molecule has 43 heavy (non-hydrogen) atoms. The van der Waals surface area contributed by atoms with E-state index >= 15 is 0 Å². The first kappa shape index (κ1) is 29.8. The minimum atomic E-state index is -0.793. The van der Waals surface area contributed by atoms with Crippen LogP contribution in [-0.2, 0) is 21.4 Å². The second-order valence-electron chi connectivity index (χ2n) is 12.4. The standard InChI is InChI=1S/C32H39N7O4/c1-20-5-11-24(12-6-20)39-27(19-26(37-39)32(2,3)4)35-30(42)33-23-9-7-21(8-10-23)17-22-13-15-38(16-14-22)29(41)25-18-28(40)36-31(43)34-25/h5-12,19,22,25H,13-18H2,1-4H3,(H2,33,35,42)(H2,34,36,40,43). The van der Waals surface area contributed by atoms with E-state index in [9.17, 15) is 19.2 Å². The predicted molar refractivity (Wildman–Crippen MR) is 164 cm³/mol. The first-order chi connectivity index (χ1) is 20.4. The zero-order valence-electron chi connectivity index (χ0n) is 25.1. The SMILES string of the molecule is Cc1ccc(-n2nc(C(C)(C)C)cc2NC(=O)Nc2ccc(CC3CCN(C(=O)C4CC(=O)NC(=O)N4)CC3)cc2)cc1. The largest absolute Gasteiger partial charge is 0.341 e. The molecule has 0 radical (unpaired) electrons. The van der Waals surface area contributed by atoms with Crippen molar-refractivity contribution in [3.63, 3.8) is 0 Å². The smallest absolute Gasteiger partial charge is 0.324 e. The fraction of sp³-hybridized carbons (Fsp3) is 0.406. The second-order valence-corrected chi connectivity index (χ2v) is 12.4. The number of aromatic nitrogens is 2. The Balaban J connectivity index is 1.14. The molecule has 6 amide bonds. The van der Waals surface area contributed by atoms with Crippen LogP contribution in [0.5, 0.6) is 0 Å². The van der Waals surface area contributed by atoms with Crippen LogP contribution in [0.4, 0.5) is 21.1 Å². The summed E-state index contributed by atoms with van der Waals surface area (Å²) >= 11 is 0. The van der Waals surface area contributed by atoms with Crippen molar-refractivity contribution in [3.8, 4) is 5.69 Å². The summed E-state index contributed by atoms with van der Waals surface area (Å²) in [7, 11) is 0. The van der Waals surface area contributed by atoms with Crippen LogP contribution in [0.3, 0.4) is 0 Å². The normalized spacial score (nSPS) is 17.7. The molecule has 2 fully saturated rings. The summed E-state index contributed by atoms with van der Waals surface area (Å²) in [6, 6.07) is 15.9. The number of imide groups is 1. The highest BCUT2D eigenvalue weighted by atomic mass is 16.2. The number of hydrogen-bond acceptors (Lipinski definition) is 5. The lowest BCUT2D eigenvalue weighted by Crippen LogP contribution is -2.59. The van der Waals surface area contributed by atoms with Crippen molar-refractivity contribution in [3.05, 3.63) is 71.4 Å². The molecule has 0 saturated carbocycles.